The topological polar surface area (TPSA) is 131 Å². The second kappa shape index (κ2) is 42.1. The molecule has 324 valence electrons. The van der Waals surface area contributed by atoms with E-state index in [1.54, 1.807) is 0 Å². The number of allylic oxidation sites excluding steroid dienone is 4. The number of esters is 1. The first-order chi connectivity index (χ1) is 26.8. The molecule has 10 heteroatoms. The maximum Gasteiger partial charge on any atom is 0.472 e. The van der Waals surface area contributed by atoms with Crippen molar-refractivity contribution in [2.45, 2.75) is 225 Å². The van der Waals surface area contributed by atoms with Crippen LogP contribution in [0.25, 0.3) is 0 Å². The lowest BCUT2D eigenvalue weighted by Crippen LogP contribution is -2.27. The van der Waals surface area contributed by atoms with Crippen molar-refractivity contribution in [1.82, 2.24) is 5.32 Å². The normalized spacial score (nSPS) is 13.5. The minimum absolute atomic E-state index is 0.0807. The van der Waals surface area contributed by atoms with Crippen LogP contribution in [-0.2, 0) is 27.9 Å². The zero-order valence-electron chi connectivity index (χ0n) is 35.6. The predicted octanol–water partition coefficient (Wildman–Crippen LogP) is 12.8. The van der Waals surface area contributed by atoms with Gasteiger partial charge < -0.3 is 20.1 Å². The number of unbranched alkanes of at least 4 members (excludes halogenated alkanes) is 26. The van der Waals surface area contributed by atoms with Crippen LogP contribution in [0.1, 0.15) is 219 Å². The number of ether oxygens (including phenoxy) is 1. The standard InChI is InChI=1S/C45H86NO8P/c1-3-5-7-9-11-13-15-17-19-21-23-25-27-29-31-33-35-37-44(48)46-39-40-53-55(50,51)54-42-43(47)41-52-45(49)38-36-34-32-30-28-26-24-22-20-18-16-14-12-10-8-6-4-2/h17-20,43,47H,3-16,21-42H2,1-2H3,(H,46,48)(H,50,51)/b19-17-,20-18-. The second-order valence-corrected chi connectivity index (χ2v) is 16.8. The van der Waals surface area contributed by atoms with Gasteiger partial charge in [0.2, 0.25) is 5.91 Å². The molecule has 0 saturated carbocycles. The van der Waals surface area contributed by atoms with E-state index < -0.39 is 26.5 Å². The monoisotopic (exact) mass is 800 g/mol. The van der Waals surface area contributed by atoms with Crippen LogP contribution in [0.2, 0.25) is 0 Å². The predicted molar refractivity (Wildman–Crippen MR) is 229 cm³/mol. The minimum Gasteiger partial charge on any atom is -0.463 e. The van der Waals surface area contributed by atoms with Gasteiger partial charge in [-0.2, -0.15) is 0 Å². The fourth-order valence-corrected chi connectivity index (χ4v) is 7.13. The van der Waals surface area contributed by atoms with Crippen molar-refractivity contribution in [3.63, 3.8) is 0 Å². The summed E-state index contributed by atoms with van der Waals surface area (Å²) in [6.07, 6.45) is 45.3. The van der Waals surface area contributed by atoms with Crippen LogP contribution in [0.15, 0.2) is 24.3 Å². The van der Waals surface area contributed by atoms with Gasteiger partial charge in [-0.15, -0.1) is 0 Å². The SMILES string of the molecule is CCCCCCCC/C=C\CCCCCCCCCC(=O)NCCOP(=O)(O)OCC(O)COC(=O)CCCCCCCCC/C=C\CCCCCCCC. The van der Waals surface area contributed by atoms with E-state index in [-0.39, 0.29) is 32.1 Å². The molecule has 0 aromatic carbocycles. The highest BCUT2D eigenvalue weighted by atomic mass is 31.2. The number of carbonyl (C=O) groups excluding carboxylic acids is 2. The Kier molecular flexibility index (Phi) is 40.9. The molecule has 3 N–H and O–H groups in total. The lowest BCUT2D eigenvalue weighted by atomic mass is 10.1. The molecule has 0 aromatic rings. The molecule has 0 heterocycles. The molecule has 1 amide bonds. The fraction of sp³-hybridized carbons (Fsp3) is 0.867. The number of amides is 1. The van der Waals surface area contributed by atoms with Crippen molar-refractivity contribution < 1.29 is 37.9 Å². The lowest BCUT2D eigenvalue weighted by molar-refractivity contribution is -0.147. The van der Waals surface area contributed by atoms with Gasteiger partial charge in [-0.05, 0) is 64.2 Å². The Morgan fingerprint density at radius 2 is 0.927 bits per heavy atom. The lowest BCUT2D eigenvalue weighted by Gasteiger charge is -2.15. The van der Waals surface area contributed by atoms with Crippen molar-refractivity contribution in [3.8, 4) is 0 Å². The molecule has 9 nitrogen and oxygen atoms in total. The number of carbonyl (C=O) groups is 2. The summed E-state index contributed by atoms with van der Waals surface area (Å²) in [5.74, 6) is -0.520. The number of rotatable bonds is 43. The van der Waals surface area contributed by atoms with E-state index in [2.05, 4.69) is 43.5 Å². The third kappa shape index (κ3) is 43.5. The highest BCUT2D eigenvalue weighted by Crippen LogP contribution is 2.42. The first-order valence-corrected chi connectivity index (χ1v) is 24.3. The fourth-order valence-electron chi connectivity index (χ4n) is 6.37. The minimum atomic E-state index is -4.42. The average Bonchev–Trinajstić information content (AvgIpc) is 3.17. The molecular formula is C45H86NO8P. The molecule has 0 spiro atoms. The van der Waals surface area contributed by atoms with Crippen molar-refractivity contribution in [2.24, 2.45) is 0 Å². The summed E-state index contributed by atoms with van der Waals surface area (Å²) in [6, 6.07) is 0. The number of aliphatic hydroxyl groups is 1. The average molecular weight is 800 g/mol. The van der Waals surface area contributed by atoms with Crippen molar-refractivity contribution in [3.05, 3.63) is 24.3 Å². The van der Waals surface area contributed by atoms with Crippen molar-refractivity contribution in [2.75, 3.05) is 26.4 Å². The first kappa shape index (κ1) is 53.5. The van der Waals surface area contributed by atoms with Crippen LogP contribution in [0.4, 0.5) is 0 Å². The van der Waals surface area contributed by atoms with Gasteiger partial charge in [0.25, 0.3) is 0 Å². The maximum absolute atomic E-state index is 12.1. The molecule has 0 aliphatic rings. The summed E-state index contributed by atoms with van der Waals surface area (Å²) in [5.41, 5.74) is 0. The molecule has 0 aliphatic heterocycles. The van der Waals surface area contributed by atoms with Crippen molar-refractivity contribution in [1.29, 1.82) is 0 Å². The Morgan fingerprint density at radius 3 is 1.36 bits per heavy atom. The van der Waals surface area contributed by atoms with Gasteiger partial charge in [-0.25, -0.2) is 4.57 Å². The molecule has 2 atom stereocenters. The second-order valence-electron chi connectivity index (χ2n) is 15.4. The van der Waals surface area contributed by atoms with Gasteiger partial charge in [0.05, 0.1) is 13.2 Å². The maximum atomic E-state index is 12.1. The van der Waals surface area contributed by atoms with E-state index in [0.717, 1.165) is 38.5 Å². The third-order valence-electron chi connectivity index (χ3n) is 9.85. The Hall–Kier alpha value is -1.51. The number of phosphoric ester groups is 1. The Balaban J connectivity index is 3.58. The van der Waals surface area contributed by atoms with E-state index >= 15 is 0 Å². The smallest absolute Gasteiger partial charge is 0.463 e. The number of aliphatic hydroxyl groups excluding tert-OH is 1. The zero-order valence-corrected chi connectivity index (χ0v) is 36.5. The Bertz CT molecular complexity index is 959. The quantitative estimate of drug-likeness (QED) is 0.0240. The number of nitrogens with one attached hydrogen (secondary N) is 1. The Labute approximate surface area is 338 Å². The largest absolute Gasteiger partial charge is 0.472 e. The van der Waals surface area contributed by atoms with Gasteiger partial charge in [0.1, 0.15) is 12.7 Å². The van der Waals surface area contributed by atoms with Gasteiger partial charge in [0, 0.05) is 19.4 Å². The molecule has 0 saturated heterocycles. The van der Waals surface area contributed by atoms with E-state index in [1.807, 2.05) is 0 Å². The van der Waals surface area contributed by atoms with E-state index in [1.165, 1.54) is 154 Å². The number of hydrogen-bond acceptors (Lipinski definition) is 7. The zero-order chi connectivity index (χ0) is 40.3. The summed E-state index contributed by atoms with van der Waals surface area (Å²) < 4.78 is 26.9. The molecule has 55 heavy (non-hydrogen) atoms. The molecule has 0 aromatic heterocycles. The van der Waals surface area contributed by atoms with Crippen LogP contribution in [0, 0.1) is 0 Å². The van der Waals surface area contributed by atoms with Gasteiger partial charge >= 0.3 is 13.8 Å². The summed E-state index contributed by atoms with van der Waals surface area (Å²) in [5, 5.41) is 12.7. The molecule has 0 rings (SSSR count). The number of phosphoric acid groups is 1. The third-order valence-corrected chi connectivity index (χ3v) is 10.8. The van der Waals surface area contributed by atoms with Crippen LogP contribution in [0.5, 0.6) is 0 Å². The van der Waals surface area contributed by atoms with Crippen LogP contribution < -0.4 is 5.32 Å². The summed E-state index contributed by atoms with van der Waals surface area (Å²) in [6.45, 7) is 3.56. The summed E-state index contributed by atoms with van der Waals surface area (Å²) >= 11 is 0. The molecule has 0 radical (unpaired) electrons. The van der Waals surface area contributed by atoms with Crippen molar-refractivity contribution >= 4 is 19.7 Å². The molecule has 0 bridgehead atoms. The molecular weight excluding hydrogens is 713 g/mol. The molecule has 2 unspecified atom stereocenters. The van der Waals surface area contributed by atoms with E-state index in [0.29, 0.717) is 6.42 Å². The van der Waals surface area contributed by atoms with Crippen LogP contribution >= 0.6 is 7.82 Å². The van der Waals surface area contributed by atoms with Gasteiger partial charge in [-0.1, -0.05) is 167 Å². The first-order valence-electron chi connectivity index (χ1n) is 22.8. The van der Waals surface area contributed by atoms with Gasteiger partial charge in [0.15, 0.2) is 0 Å². The van der Waals surface area contributed by atoms with E-state index in [9.17, 15) is 24.2 Å². The number of hydrogen-bond donors (Lipinski definition) is 3. The van der Waals surface area contributed by atoms with E-state index in [4.69, 9.17) is 13.8 Å². The van der Waals surface area contributed by atoms with Crippen LogP contribution in [-0.4, -0.2) is 54.3 Å². The summed E-state index contributed by atoms with van der Waals surface area (Å²) in [4.78, 5) is 33.9. The van der Waals surface area contributed by atoms with Gasteiger partial charge in [-0.3, -0.25) is 18.6 Å². The highest BCUT2D eigenvalue weighted by Gasteiger charge is 2.23. The molecule has 0 fully saturated rings. The Morgan fingerprint density at radius 1 is 0.545 bits per heavy atom. The van der Waals surface area contributed by atoms with Crippen LogP contribution in [0.3, 0.4) is 0 Å². The highest BCUT2D eigenvalue weighted by molar-refractivity contribution is 7.47. The molecule has 0 aliphatic carbocycles. The summed E-state index contributed by atoms with van der Waals surface area (Å²) in [7, 11) is -4.42.